The van der Waals surface area contributed by atoms with Gasteiger partial charge in [0.25, 0.3) is 0 Å². The highest BCUT2D eigenvalue weighted by molar-refractivity contribution is 6.32. The van der Waals surface area contributed by atoms with Gasteiger partial charge in [-0.2, -0.15) is 0 Å². The van der Waals surface area contributed by atoms with E-state index in [9.17, 15) is 5.11 Å². The second-order valence-corrected chi connectivity index (χ2v) is 4.17. The standard InChI is InChI=1S/C13H17ClN2O/c1-4-6-16(3)9-15-12-8-11(14)13(17)7-10(12)5-2/h4,7-9,17H,1,5-6H2,2-3H3. The van der Waals surface area contributed by atoms with Crippen molar-refractivity contribution in [2.75, 3.05) is 13.6 Å². The minimum Gasteiger partial charge on any atom is -0.506 e. The molecule has 92 valence electrons. The molecule has 1 aromatic carbocycles. The Hall–Kier alpha value is -1.48. The summed E-state index contributed by atoms with van der Waals surface area (Å²) in [6, 6.07) is 3.33. The van der Waals surface area contributed by atoms with E-state index in [0.29, 0.717) is 5.02 Å². The summed E-state index contributed by atoms with van der Waals surface area (Å²) >= 11 is 5.87. The van der Waals surface area contributed by atoms with Crippen LogP contribution >= 0.6 is 11.6 Å². The van der Waals surface area contributed by atoms with Gasteiger partial charge in [-0.3, -0.25) is 0 Å². The van der Waals surface area contributed by atoms with Crippen LogP contribution in [0.1, 0.15) is 12.5 Å². The monoisotopic (exact) mass is 252 g/mol. The Morgan fingerprint density at radius 1 is 1.53 bits per heavy atom. The van der Waals surface area contributed by atoms with Crippen LogP contribution in [0, 0.1) is 0 Å². The second kappa shape index (κ2) is 6.30. The molecule has 0 atom stereocenters. The number of hydrogen-bond acceptors (Lipinski definition) is 2. The van der Waals surface area contributed by atoms with Crippen LogP contribution < -0.4 is 0 Å². The molecule has 0 saturated heterocycles. The van der Waals surface area contributed by atoms with Crippen LogP contribution in [-0.2, 0) is 6.42 Å². The van der Waals surface area contributed by atoms with E-state index in [-0.39, 0.29) is 5.75 Å². The molecule has 0 amide bonds. The van der Waals surface area contributed by atoms with E-state index in [1.807, 2.05) is 18.9 Å². The maximum absolute atomic E-state index is 9.51. The van der Waals surface area contributed by atoms with Gasteiger partial charge in [0.1, 0.15) is 5.75 Å². The van der Waals surface area contributed by atoms with E-state index in [2.05, 4.69) is 11.6 Å². The summed E-state index contributed by atoms with van der Waals surface area (Å²) in [7, 11) is 1.92. The third-order valence-electron chi connectivity index (χ3n) is 2.34. The van der Waals surface area contributed by atoms with Crippen LogP contribution in [0.3, 0.4) is 0 Å². The molecule has 0 radical (unpaired) electrons. The normalized spacial score (nSPS) is 10.8. The lowest BCUT2D eigenvalue weighted by Gasteiger charge is -2.10. The van der Waals surface area contributed by atoms with E-state index in [4.69, 9.17) is 11.6 Å². The Kier molecular flexibility index (Phi) is 5.04. The Bertz CT molecular complexity index is 430. The fraction of sp³-hybridized carbons (Fsp3) is 0.308. The number of aliphatic imine (C=N–C) groups is 1. The topological polar surface area (TPSA) is 35.8 Å². The lowest BCUT2D eigenvalue weighted by Crippen LogP contribution is -2.15. The van der Waals surface area contributed by atoms with Crippen molar-refractivity contribution in [3.63, 3.8) is 0 Å². The summed E-state index contributed by atoms with van der Waals surface area (Å²) in [5, 5.41) is 9.83. The predicted octanol–water partition coefficient (Wildman–Crippen LogP) is 3.39. The molecule has 0 aromatic heterocycles. The Labute approximate surface area is 107 Å². The predicted molar refractivity (Wildman–Crippen MR) is 73.5 cm³/mol. The molecule has 3 nitrogen and oxygen atoms in total. The zero-order chi connectivity index (χ0) is 12.8. The zero-order valence-electron chi connectivity index (χ0n) is 10.2. The van der Waals surface area contributed by atoms with Gasteiger partial charge in [-0.1, -0.05) is 24.6 Å². The summed E-state index contributed by atoms with van der Waals surface area (Å²) in [4.78, 5) is 6.27. The van der Waals surface area contributed by atoms with Crippen LogP contribution in [0.4, 0.5) is 5.69 Å². The summed E-state index contributed by atoms with van der Waals surface area (Å²) in [5.41, 5.74) is 1.75. The molecule has 0 saturated carbocycles. The molecule has 1 N–H and O–H groups in total. The molecule has 0 aliphatic heterocycles. The molecule has 0 aliphatic rings. The summed E-state index contributed by atoms with van der Waals surface area (Å²) in [5.74, 6) is 0.0990. The molecule has 4 heteroatoms. The summed E-state index contributed by atoms with van der Waals surface area (Å²) < 4.78 is 0. The molecule has 0 fully saturated rings. The quantitative estimate of drug-likeness (QED) is 0.495. The number of hydrogen-bond donors (Lipinski definition) is 1. The first-order valence-electron chi connectivity index (χ1n) is 5.45. The molecule has 0 aliphatic carbocycles. The largest absolute Gasteiger partial charge is 0.506 e. The Morgan fingerprint density at radius 2 is 2.24 bits per heavy atom. The van der Waals surface area contributed by atoms with Gasteiger partial charge in [0.2, 0.25) is 0 Å². The molecular formula is C13H17ClN2O. The van der Waals surface area contributed by atoms with Crippen LogP contribution in [-0.4, -0.2) is 29.9 Å². The minimum absolute atomic E-state index is 0.0990. The maximum Gasteiger partial charge on any atom is 0.134 e. The molecule has 0 bridgehead atoms. The first-order valence-corrected chi connectivity index (χ1v) is 5.83. The number of phenolic OH excluding ortho intramolecular Hbond substituents is 1. The van der Waals surface area contributed by atoms with Gasteiger partial charge in [-0.15, -0.1) is 6.58 Å². The van der Waals surface area contributed by atoms with Crippen molar-refractivity contribution >= 4 is 23.6 Å². The lowest BCUT2D eigenvalue weighted by atomic mass is 10.1. The molecule has 1 rings (SSSR count). The molecule has 1 aromatic rings. The summed E-state index contributed by atoms with van der Waals surface area (Å²) in [6.45, 7) is 6.40. The Balaban J connectivity index is 2.97. The van der Waals surface area contributed by atoms with Gasteiger partial charge in [-0.05, 0) is 24.1 Å². The number of benzene rings is 1. The van der Waals surface area contributed by atoms with Crippen molar-refractivity contribution in [1.29, 1.82) is 0 Å². The zero-order valence-corrected chi connectivity index (χ0v) is 10.9. The number of halogens is 1. The van der Waals surface area contributed by atoms with E-state index in [1.165, 1.54) is 0 Å². The van der Waals surface area contributed by atoms with Crippen molar-refractivity contribution in [1.82, 2.24) is 4.90 Å². The van der Waals surface area contributed by atoms with Gasteiger partial charge in [0.15, 0.2) is 0 Å². The number of aromatic hydroxyl groups is 1. The van der Waals surface area contributed by atoms with Crippen molar-refractivity contribution in [2.45, 2.75) is 13.3 Å². The van der Waals surface area contributed by atoms with Gasteiger partial charge in [0, 0.05) is 13.6 Å². The van der Waals surface area contributed by atoms with Gasteiger partial charge in [0.05, 0.1) is 17.0 Å². The number of likely N-dealkylation sites (N-methyl/N-ethyl adjacent to an activating group) is 1. The van der Waals surface area contributed by atoms with Crippen molar-refractivity contribution in [3.05, 3.63) is 35.4 Å². The highest BCUT2D eigenvalue weighted by Gasteiger charge is 2.05. The van der Waals surface area contributed by atoms with Crippen molar-refractivity contribution in [2.24, 2.45) is 4.99 Å². The van der Waals surface area contributed by atoms with Crippen molar-refractivity contribution in [3.8, 4) is 5.75 Å². The number of nitrogens with zero attached hydrogens (tertiary/aromatic N) is 2. The van der Waals surface area contributed by atoms with Crippen LogP contribution in [0.5, 0.6) is 5.75 Å². The van der Waals surface area contributed by atoms with Crippen LogP contribution in [0.2, 0.25) is 5.02 Å². The fourth-order valence-corrected chi connectivity index (χ4v) is 1.57. The van der Waals surface area contributed by atoms with Crippen LogP contribution in [0.25, 0.3) is 0 Å². The van der Waals surface area contributed by atoms with Crippen LogP contribution in [0.15, 0.2) is 29.8 Å². The number of aryl methyl sites for hydroxylation is 1. The van der Waals surface area contributed by atoms with E-state index < -0.39 is 0 Å². The van der Waals surface area contributed by atoms with E-state index in [0.717, 1.165) is 24.2 Å². The smallest absolute Gasteiger partial charge is 0.134 e. The molecule has 17 heavy (non-hydrogen) atoms. The first kappa shape index (κ1) is 13.6. The number of phenols is 1. The minimum atomic E-state index is 0.0990. The molecule has 0 spiro atoms. The SMILES string of the molecule is C=CCN(C)C=Nc1cc(Cl)c(O)cc1CC. The third kappa shape index (κ3) is 3.79. The highest BCUT2D eigenvalue weighted by Crippen LogP contribution is 2.31. The van der Waals surface area contributed by atoms with E-state index in [1.54, 1.807) is 24.5 Å². The second-order valence-electron chi connectivity index (χ2n) is 3.76. The number of rotatable bonds is 5. The van der Waals surface area contributed by atoms with E-state index >= 15 is 0 Å². The first-order chi connectivity index (χ1) is 8.08. The van der Waals surface area contributed by atoms with Crippen molar-refractivity contribution < 1.29 is 5.11 Å². The fourth-order valence-electron chi connectivity index (χ4n) is 1.41. The van der Waals surface area contributed by atoms with Gasteiger partial charge < -0.3 is 10.0 Å². The average Bonchev–Trinajstić information content (AvgIpc) is 2.30. The molecule has 0 unspecified atom stereocenters. The van der Waals surface area contributed by atoms with Gasteiger partial charge in [-0.25, -0.2) is 4.99 Å². The Morgan fingerprint density at radius 3 is 2.82 bits per heavy atom. The summed E-state index contributed by atoms with van der Waals surface area (Å²) in [6.07, 6.45) is 4.32. The van der Waals surface area contributed by atoms with Gasteiger partial charge >= 0.3 is 0 Å². The lowest BCUT2D eigenvalue weighted by molar-refractivity contribution is 0.475. The molecular weight excluding hydrogens is 236 g/mol. The highest BCUT2D eigenvalue weighted by atomic mass is 35.5. The maximum atomic E-state index is 9.51. The molecule has 0 heterocycles. The average molecular weight is 253 g/mol. The third-order valence-corrected chi connectivity index (χ3v) is 2.64.